The van der Waals surface area contributed by atoms with Gasteiger partial charge in [-0.2, -0.15) is 0 Å². The quantitative estimate of drug-likeness (QED) is 0.421. The smallest absolute Gasteiger partial charge is 0.126 e. The summed E-state index contributed by atoms with van der Waals surface area (Å²) in [4.78, 5) is 10.5. The van der Waals surface area contributed by atoms with Crippen molar-refractivity contribution in [3.8, 4) is 0 Å². The van der Waals surface area contributed by atoms with Gasteiger partial charge < -0.3 is 4.79 Å². The predicted molar refractivity (Wildman–Crippen MR) is 43.8 cm³/mol. The van der Waals surface area contributed by atoms with Crippen LogP contribution in [0.1, 0.15) is 19.8 Å². The summed E-state index contributed by atoms with van der Waals surface area (Å²) in [7, 11) is 0. The minimum absolute atomic E-state index is 0.274. The van der Waals surface area contributed by atoms with Crippen LogP contribution >= 0.6 is 0 Å². The van der Waals surface area contributed by atoms with Crippen LogP contribution in [-0.2, 0) is 4.79 Å². The highest BCUT2D eigenvalue weighted by atomic mass is 16.1. The molecule has 0 aliphatic carbocycles. The first-order valence-corrected chi connectivity index (χ1v) is 3.36. The molecule has 0 aliphatic heterocycles. The molecule has 0 rings (SSSR count). The number of aldehydes is 1. The summed E-state index contributed by atoms with van der Waals surface area (Å²) in [6.07, 6.45) is 5.94. The van der Waals surface area contributed by atoms with Gasteiger partial charge in [0, 0.05) is 5.41 Å². The number of carbonyl (C=O) groups is 1. The van der Waals surface area contributed by atoms with Crippen LogP contribution in [0.15, 0.2) is 25.3 Å². The molecule has 0 amide bonds. The van der Waals surface area contributed by atoms with Crippen LogP contribution in [0.5, 0.6) is 0 Å². The van der Waals surface area contributed by atoms with Crippen LogP contribution in [0.3, 0.4) is 0 Å². The molecule has 0 saturated carbocycles. The Balaban J connectivity index is 4.05. The average molecular weight is 138 g/mol. The summed E-state index contributed by atoms with van der Waals surface area (Å²) in [6.45, 7) is 9.07. The molecule has 0 bridgehead atoms. The van der Waals surface area contributed by atoms with Crippen molar-refractivity contribution in [3.05, 3.63) is 25.3 Å². The fourth-order valence-electron chi connectivity index (χ4n) is 0.839. The summed E-state index contributed by atoms with van der Waals surface area (Å²) in [6, 6.07) is 0. The van der Waals surface area contributed by atoms with Gasteiger partial charge >= 0.3 is 0 Å². The van der Waals surface area contributed by atoms with Crippen molar-refractivity contribution >= 4 is 6.29 Å². The molecule has 0 heterocycles. The topological polar surface area (TPSA) is 17.1 Å². The molecule has 0 aromatic heterocycles. The third-order valence-corrected chi connectivity index (χ3v) is 1.51. The molecular weight excluding hydrogens is 124 g/mol. The van der Waals surface area contributed by atoms with E-state index in [1.54, 1.807) is 12.2 Å². The lowest BCUT2D eigenvalue weighted by molar-refractivity contribution is -0.115. The highest BCUT2D eigenvalue weighted by Crippen LogP contribution is 2.23. The second-order valence-electron chi connectivity index (χ2n) is 2.76. The number of allylic oxidation sites excluding steroid dienone is 2. The average Bonchev–Trinajstić information content (AvgIpc) is 1.89. The van der Waals surface area contributed by atoms with Gasteiger partial charge in [0.05, 0.1) is 0 Å². The first-order valence-electron chi connectivity index (χ1n) is 3.36. The molecule has 56 valence electrons. The highest BCUT2D eigenvalue weighted by molar-refractivity contribution is 5.59. The Bertz CT molecular complexity index is 126. The maximum Gasteiger partial charge on any atom is 0.126 e. The summed E-state index contributed by atoms with van der Waals surface area (Å²) >= 11 is 0. The van der Waals surface area contributed by atoms with E-state index in [2.05, 4.69) is 13.2 Å². The maximum absolute atomic E-state index is 10.5. The Hall–Kier alpha value is -0.850. The SMILES string of the molecule is C=CCC(C)(C=O)CC=C. The van der Waals surface area contributed by atoms with E-state index in [0.29, 0.717) is 0 Å². The van der Waals surface area contributed by atoms with Crippen molar-refractivity contribution < 1.29 is 4.79 Å². The Kier molecular flexibility index (Phi) is 3.70. The zero-order chi connectivity index (χ0) is 8.04. The Labute approximate surface area is 62.4 Å². The number of carbonyl (C=O) groups excluding carboxylic acids is 1. The lowest BCUT2D eigenvalue weighted by Gasteiger charge is -2.17. The van der Waals surface area contributed by atoms with Gasteiger partial charge in [-0.1, -0.05) is 19.1 Å². The van der Waals surface area contributed by atoms with Crippen LogP contribution in [-0.4, -0.2) is 6.29 Å². The van der Waals surface area contributed by atoms with Gasteiger partial charge in [0.15, 0.2) is 0 Å². The van der Waals surface area contributed by atoms with Gasteiger partial charge in [0.1, 0.15) is 6.29 Å². The van der Waals surface area contributed by atoms with Gasteiger partial charge in [0.25, 0.3) is 0 Å². The molecule has 0 atom stereocenters. The Morgan fingerprint density at radius 1 is 1.30 bits per heavy atom. The third kappa shape index (κ3) is 2.62. The van der Waals surface area contributed by atoms with E-state index in [1.807, 2.05) is 6.92 Å². The van der Waals surface area contributed by atoms with Gasteiger partial charge in [-0.15, -0.1) is 13.2 Å². The summed E-state index contributed by atoms with van der Waals surface area (Å²) < 4.78 is 0. The van der Waals surface area contributed by atoms with Crippen LogP contribution in [0.4, 0.5) is 0 Å². The lowest BCUT2D eigenvalue weighted by Crippen LogP contribution is -2.15. The van der Waals surface area contributed by atoms with Crippen LogP contribution in [0, 0.1) is 5.41 Å². The summed E-state index contributed by atoms with van der Waals surface area (Å²) in [5.41, 5.74) is -0.274. The predicted octanol–water partition coefficient (Wildman–Crippen LogP) is 2.34. The van der Waals surface area contributed by atoms with Gasteiger partial charge in [-0.25, -0.2) is 0 Å². The van der Waals surface area contributed by atoms with E-state index < -0.39 is 0 Å². The zero-order valence-corrected chi connectivity index (χ0v) is 6.47. The minimum atomic E-state index is -0.274. The molecule has 0 unspecified atom stereocenters. The Morgan fingerprint density at radius 2 is 1.70 bits per heavy atom. The first-order chi connectivity index (χ1) is 4.68. The van der Waals surface area contributed by atoms with Crippen LogP contribution in [0.25, 0.3) is 0 Å². The standard InChI is InChI=1S/C9H14O/c1-4-6-9(3,8-10)7-5-2/h4-5,8H,1-2,6-7H2,3H3. The Morgan fingerprint density at radius 3 is 1.90 bits per heavy atom. The van der Waals surface area contributed by atoms with E-state index in [-0.39, 0.29) is 5.41 Å². The van der Waals surface area contributed by atoms with Gasteiger partial charge in [-0.05, 0) is 12.8 Å². The summed E-state index contributed by atoms with van der Waals surface area (Å²) in [5, 5.41) is 0. The maximum atomic E-state index is 10.5. The number of rotatable bonds is 5. The molecule has 0 aromatic carbocycles. The lowest BCUT2D eigenvalue weighted by atomic mass is 9.85. The molecule has 0 radical (unpaired) electrons. The molecule has 0 aliphatic rings. The van der Waals surface area contributed by atoms with Crippen LogP contribution < -0.4 is 0 Å². The largest absolute Gasteiger partial charge is 0.303 e. The molecule has 0 aromatic rings. The molecule has 0 saturated heterocycles. The van der Waals surface area contributed by atoms with Crippen molar-refractivity contribution in [1.82, 2.24) is 0 Å². The third-order valence-electron chi connectivity index (χ3n) is 1.51. The molecule has 0 N–H and O–H groups in total. The van der Waals surface area contributed by atoms with Crippen molar-refractivity contribution in [1.29, 1.82) is 0 Å². The second kappa shape index (κ2) is 4.04. The normalized spacial score (nSPS) is 10.5. The van der Waals surface area contributed by atoms with Crippen LogP contribution in [0.2, 0.25) is 0 Å². The fourth-order valence-corrected chi connectivity index (χ4v) is 0.839. The summed E-state index contributed by atoms with van der Waals surface area (Å²) in [5.74, 6) is 0. The van der Waals surface area contributed by atoms with Crippen molar-refractivity contribution in [2.45, 2.75) is 19.8 Å². The number of hydrogen-bond acceptors (Lipinski definition) is 1. The number of hydrogen-bond donors (Lipinski definition) is 0. The fraction of sp³-hybridized carbons (Fsp3) is 0.444. The minimum Gasteiger partial charge on any atom is -0.303 e. The monoisotopic (exact) mass is 138 g/mol. The van der Waals surface area contributed by atoms with Crippen molar-refractivity contribution in [2.24, 2.45) is 5.41 Å². The highest BCUT2D eigenvalue weighted by Gasteiger charge is 2.19. The second-order valence-corrected chi connectivity index (χ2v) is 2.76. The van der Waals surface area contributed by atoms with Gasteiger partial charge in [0.2, 0.25) is 0 Å². The van der Waals surface area contributed by atoms with Gasteiger partial charge in [-0.3, -0.25) is 0 Å². The van der Waals surface area contributed by atoms with E-state index in [1.165, 1.54) is 0 Å². The molecule has 0 fully saturated rings. The van der Waals surface area contributed by atoms with Crippen molar-refractivity contribution in [2.75, 3.05) is 0 Å². The van der Waals surface area contributed by atoms with E-state index in [0.717, 1.165) is 19.1 Å². The molecular formula is C9H14O. The van der Waals surface area contributed by atoms with E-state index in [4.69, 9.17) is 0 Å². The molecule has 1 nitrogen and oxygen atoms in total. The van der Waals surface area contributed by atoms with E-state index >= 15 is 0 Å². The van der Waals surface area contributed by atoms with Crippen molar-refractivity contribution in [3.63, 3.8) is 0 Å². The zero-order valence-electron chi connectivity index (χ0n) is 6.47. The van der Waals surface area contributed by atoms with E-state index in [9.17, 15) is 4.79 Å². The first kappa shape index (κ1) is 9.15. The molecule has 1 heteroatoms. The molecule has 0 spiro atoms. The molecule has 10 heavy (non-hydrogen) atoms.